The van der Waals surface area contributed by atoms with E-state index >= 15 is 0 Å². The summed E-state index contributed by atoms with van der Waals surface area (Å²) in [7, 11) is 0. The van der Waals surface area contributed by atoms with E-state index in [0.717, 1.165) is 22.4 Å². The van der Waals surface area contributed by atoms with Gasteiger partial charge in [0.15, 0.2) is 5.65 Å². The Balaban J connectivity index is 2.40. The summed E-state index contributed by atoms with van der Waals surface area (Å²) < 4.78 is 1.85. The molecule has 0 aliphatic heterocycles. The molecule has 0 saturated heterocycles. The first-order chi connectivity index (χ1) is 9.61. The highest BCUT2D eigenvalue weighted by Gasteiger charge is 2.16. The number of nitrogens with zero attached hydrogens (tertiary/aromatic N) is 3. The average molecular weight is 327 g/mol. The molecule has 0 spiro atoms. The van der Waals surface area contributed by atoms with Crippen molar-refractivity contribution in [2.75, 3.05) is 0 Å². The van der Waals surface area contributed by atoms with E-state index in [2.05, 4.69) is 9.97 Å². The summed E-state index contributed by atoms with van der Waals surface area (Å²) in [5.74, 6) is 0.950. The Kier molecular flexibility index (Phi) is 3.59. The standard InChI is InChI=1S/C14H10Cl3N3/c1-8-4-5-18-14-13(8)19-12(7-15)20(14)11-6-9(16)2-3-10(11)17/h2-6H,7H2,1H3. The summed E-state index contributed by atoms with van der Waals surface area (Å²) in [6, 6.07) is 7.19. The SMILES string of the molecule is Cc1ccnc2c1nc(CCl)n2-c1cc(Cl)ccc1Cl. The first-order valence-corrected chi connectivity index (χ1v) is 7.25. The summed E-state index contributed by atoms with van der Waals surface area (Å²) >= 11 is 18.4. The quantitative estimate of drug-likeness (QED) is 0.635. The zero-order valence-corrected chi connectivity index (χ0v) is 12.8. The molecule has 0 bridgehead atoms. The van der Waals surface area contributed by atoms with Crippen LogP contribution < -0.4 is 0 Å². The van der Waals surface area contributed by atoms with Crippen LogP contribution in [0.1, 0.15) is 11.4 Å². The molecule has 0 aliphatic rings. The van der Waals surface area contributed by atoms with E-state index in [-0.39, 0.29) is 5.88 Å². The molecule has 0 saturated carbocycles. The predicted octanol–water partition coefficient (Wildman–Crippen LogP) is 4.77. The van der Waals surface area contributed by atoms with Crippen LogP contribution in [0.2, 0.25) is 10.0 Å². The maximum Gasteiger partial charge on any atom is 0.165 e. The third kappa shape index (κ3) is 2.16. The minimum atomic E-state index is 0.263. The summed E-state index contributed by atoms with van der Waals surface area (Å²) in [5.41, 5.74) is 3.32. The Labute approximate surface area is 131 Å². The second-order valence-electron chi connectivity index (χ2n) is 4.39. The minimum absolute atomic E-state index is 0.263. The van der Waals surface area contributed by atoms with Gasteiger partial charge < -0.3 is 0 Å². The molecule has 0 aliphatic carbocycles. The second kappa shape index (κ2) is 5.24. The topological polar surface area (TPSA) is 30.7 Å². The van der Waals surface area contributed by atoms with Gasteiger partial charge in [-0.3, -0.25) is 4.57 Å². The Morgan fingerprint density at radius 1 is 1.20 bits per heavy atom. The molecule has 3 aromatic rings. The Morgan fingerprint density at radius 2 is 2.00 bits per heavy atom. The lowest BCUT2D eigenvalue weighted by Gasteiger charge is -2.09. The van der Waals surface area contributed by atoms with E-state index in [1.807, 2.05) is 17.6 Å². The van der Waals surface area contributed by atoms with Crippen molar-refractivity contribution < 1.29 is 0 Å². The van der Waals surface area contributed by atoms with Crippen molar-refractivity contribution >= 4 is 46.0 Å². The highest BCUT2D eigenvalue weighted by atomic mass is 35.5. The second-order valence-corrected chi connectivity index (χ2v) is 5.50. The van der Waals surface area contributed by atoms with Crippen LogP contribution in [0.15, 0.2) is 30.5 Å². The number of hydrogen-bond acceptors (Lipinski definition) is 2. The summed E-state index contributed by atoms with van der Waals surface area (Å²) in [6.07, 6.45) is 1.74. The summed E-state index contributed by atoms with van der Waals surface area (Å²) in [5, 5.41) is 1.17. The van der Waals surface area contributed by atoms with Crippen molar-refractivity contribution in [3.05, 3.63) is 51.9 Å². The first-order valence-electron chi connectivity index (χ1n) is 5.96. The third-order valence-electron chi connectivity index (χ3n) is 3.09. The first kappa shape index (κ1) is 13.7. The molecule has 2 heterocycles. The van der Waals surface area contributed by atoms with Crippen LogP contribution in [0.5, 0.6) is 0 Å². The van der Waals surface area contributed by atoms with Crippen molar-refractivity contribution in [1.29, 1.82) is 0 Å². The Bertz CT molecular complexity index is 796. The van der Waals surface area contributed by atoms with Crippen molar-refractivity contribution in [2.24, 2.45) is 0 Å². The molecule has 0 fully saturated rings. The number of pyridine rings is 1. The number of fused-ring (bicyclic) bond motifs is 1. The molecule has 0 unspecified atom stereocenters. The molecule has 3 nitrogen and oxygen atoms in total. The van der Waals surface area contributed by atoms with Crippen LogP contribution in [0, 0.1) is 6.92 Å². The van der Waals surface area contributed by atoms with Gasteiger partial charge in [0.25, 0.3) is 0 Å². The Morgan fingerprint density at radius 3 is 2.75 bits per heavy atom. The van der Waals surface area contributed by atoms with E-state index in [9.17, 15) is 0 Å². The fraction of sp³-hybridized carbons (Fsp3) is 0.143. The Hall–Kier alpha value is -1.29. The molecular weight excluding hydrogens is 317 g/mol. The summed E-state index contributed by atoms with van der Waals surface area (Å²) in [6.45, 7) is 1.99. The molecule has 20 heavy (non-hydrogen) atoms. The van der Waals surface area contributed by atoms with E-state index in [1.165, 1.54) is 0 Å². The number of halogens is 3. The van der Waals surface area contributed by atoms with Crippen LogP contribution >= 0.6 is 34.8 Å². The molecule has 2 aromatic heterocycles. The molecule has 3 rings (SSSR count). The van der Waals surface area contributed by atoms with E-state index in [4.69, 9.17) is 34.8 Å². The molecule has 0 atom stereocenters. The van der Waals surface area contributed by atoms with Crippen molar-refractivity contribution in [1.82, 2.24) is 14.5 Å². The van der Waals surface area contributed by atoms with Crippen molar-refractivity contribution in [3.8, 4) is 5.69 Å². The number of alkyl halides is 1. The van der Waals surface area contributed by atoms with Crippen LogP contribution in [-0.2, 0) is 5.88 Å². The van der Waals surface area contributed by atoms with Crippen LogP contribution in [-0.4, -0.2) is 14.5 Å². The van der Waals surface area contributed by atoms with Gasteiger partial charge in [-0.25, -0.2) is 9.97 Å². The number of rotatable bonds is 2. The normalized spacial score (nSPS) is 11.2. The van der Waals surface area contributed by atoms with Gasteiger partial charge in [-0.2, -0.15) is 0 Å². The van der Waals surface area contributed by atoms with Gasteiger partial charge >= 0.3 is 0 Å². The molecule has 1 aromatic carbocycles. The van der Waals surface area contributed by atoms with Crippen LogP contribution in [0.4, 0.5) is 0 Å². The van der Waals surface area contributed by atoms with Crippen LogP contribution in [0.25, 0.3) is 16.9 Å². The fourth-order valence-electron chi connectivity index (χ4n) is 2.14. The van der Waals surface area contributed by atoms with E-state index < -0.39 is 0 Å². The van der Waals surface area contributed by atoms with Crippen molar-refractivity contribution in [2.45, 2.75) is 12.8 Å². The van der Waals surface area contributed by atoms with Gasteiger partial charge in [-0.1, -0.05) is 23.2 Å². The molecule has 0 N–H and O–H groups in total. The number of aromatic nitrogens is 3. The van der Waals surface area contributed by atoms with Gasteiger partial charge in [0.1, 0.15) is 11.3 Å². The largest absolute Gasteiger partial charge is 0.278 e. The molecule has 0 amide bonds. The molecular formula is C14H10Cl3N3. The lowest BCUT2D eigenvalue weighted by atomic mass is 10.2. The monoisotopic (exact) mass is 325 g/mol. The predicted molar refractivity (Wildman–Crippen MR) is 83.2 cm³/mol. The highest BCUT2D eigenvalue weighted by Crippen LogP contribution is 2.29. The van der Waals surface area contributed by atoms with Gasteiger partial charge in [0, 0.05) is 11.2 Å². The molecule has 6 heteroatoms. The molecule has 102 valence electrons. The zero-order valence-electron chi connectivity index (χ0n) is 10.6. The maximum atomic E-state index is 6.28. The number of aryl methyl sites for hydroxylation is 1. The fourth-order valence-corrected chi connectivity index (χ4v) is 2.69. The van der Waals surface area contributed by atoms with Crippen molar-refractivity contribution in [3.63, 3.8) is 0 Å². The van der Waals surface area contributed by atoms with Gasteiger partial charge in [-0.05, 0) is 36.8 Å². The lowest BCUT2D eigenvalue weighted by Crippen LogP contribution is -2.01. The summed E-state index contributed by atoms with van der Waals surface area (Å²) in [4.78, 5) is 8.94. The van der Waals surface area contributed by atoms with Gasteiger partial charge in [0.05, 0.1) is 16.6 Å². The minimum Gasteiger partial charge on any atom is -0.278 e. The zero-order chi connectivity index (χ0) is 14.3. The molecule has 0 radical (unpaired) electrons. The maximum absolute atomic E-state index is 6.28. The van der Waals surface area contributed by atoms with Crippen LogP contribution in [0.3, 0.4) is 0 Å². The number of imidazole rings is 1. The number of hydrogen-bond donors (Lipinski definition) is 0. The van der Waals surface area contributed by atoms with E-state index in [0.29, 0.717) is 15.9 Å². The third-order valence-corrected chi connectivity index (χ3v) is 3.88. The smallest absolute Gasteiger partial charge is 0.165 e. The average Bonchev–Trinajstić information content (AvgIpc) is 2.81. The number of benzene rings is 1. The lowest BCUT2D eigenvalue weighted by molar-refractivity contribution is 0.970. The van der Waals surface area contributed by atoms with E-state index in [1.54, 1.807) is 24.4 Å². The van der Waals surface area contributed by atoms with Gasteiger partial charge in [0.2, 0.25) is 0 Å². The van der Waals surface area contributed by atoms with Gasteiger partial charge in [-0.15, -0.1) is 11.6 Å². The highest BCUT2D eigenvalue weighted by molar-refractivity contribution is 6.34.